The van der Waals surface area contributed by atoms with Crippen LogP contribution >= 0.6 is 0 Å². The topological polar surface area (TPSA) is 64.3 Å². The fourth-order valence-electron chi connectivity index (χ4n) is 3.57. The lowest BCUT2D eigenvalue weighted by molar-refractivity contribution is 0.0600. The molecule has 4 nitrogen and oxygen atoms in total. The van der Waals surface area contributed by atoms with E-state index in [4.69, 9.17) is 10.5 Å². The second-order valence-corrected chi connectivity index (χ2v) is 8.92. The lowest BCUT2D eigenvalue weighted by atomic mass is 9.88. The van der Waals surface area contributed by atoms with Gasteiger partial charge in [-0.05, 0) is 62.8 Å². The summed E-state index contributed by atoms with van der Waals surface area (Å²) >= 11 is 0. The van der Waals surface area contributed by atoms with Gasteiger partial charge in [0.1, 0.15) is 0 Å². The first-order valence-electron chi connectivity index (χ1n) is 10.4. The molecule has 0 amide bonds. The van der Waals surface area contributed by atoms with Crippen LogP contribution in [0, 0.1) is 12.8 Å². The smallest absolute Gasteiger partial charge is 0.337 e. The molecule has 0 saturated heterocycles. The van der Waals surface area contributed by atoms with E-state index in [2.05, 4.69) is 64.2 Å². The fraction of sp³-hybridized carbons (Fsp3) is 0.480. The molecule has 2 rings (SSSR count). The van der Waals surface area contributed by atoms with Gasteiger partial charge in [0.15, 0.2) is 0 Å². The normalized spacial score (nSPS) is 13.9. The highest BCUT2D eigenvalue weighted by molar-refractivity contribution is 5.89. The Hall–Kier alpha value is -2.17. The maximum atomic E-state index is 11.7. The minimum Gasteiger partial charge on any atom is -0.465 e. The Morgan fingerprint density at radius 1 is 1.03 bits per heavy atom. The van der Waals surface area contributed by atoms with Gasteiger partial charge < -0.3 is 15.8 Å². The molecular weight excluding hydrogens is 360 g/mol. The van der Waals surface area contributed by atoms with Gasteiger partial charge in [-0.25, -0.2) is 4.79 Å². The van der Waals surface area contributed by atoms with Crippen molar-refractivity contribution < 1.29 is 9.53 Å². The highest BCUT2D eigenvalue weighted by Crippen LogP contribution is 2.28. The van der Waals surface area contributed by atoms with Crippen LogP contribution < -0.4 is 11.1 Å². The first-order valence-corrected chi connectivity index (χ1v) is 10.4. The van der Waals surface area contributed by atoms with Crippen molar-refractivity contribution in [2.24, 2.45) is 11.7 Å². The maximum Gasteiger partial charge on any atom is 0.337 e. The number of aryl methyl sites for hydroxylation is 1. The van der Waals surface area contributed by atoms with Gasteiger partial charge in [-0.2, -0.15) is 0 Å². The lowest BCUT2D eigenvalue weighted by Crippen LogP contribution is -2.44. The van der Waals surface area contributed by atoms with E-state index in [1.54, 1.807) is 0 Å². The van der Waals surface area contributed by atoms with E-state index in [1.807, 2.05) is 24.3 Å². The summed E-state index contributed by atoms with van der Waals surface area (Å²) < 4.78 is 4.80. The Morgan fingerprint density at radius 2 is 1.59 bits per heavy atom. The minimum atomic E-state index is -0.309. The van der Waals surface area contributed by atoms with Gasteiger partial charge >= 0.3 is 5.97 Å². The third-order valence-corrected chi connectivity index (χ3v) is 5.49. The van der Waals surface area contributed by atoms with E-state index >= 15 is 0 Å². The number of esters is 1. The quantitative estimate of drug-likeness (QED) is 0.563. The second kappa shape index (κ2) is 10.0. The molecule has 2 unspecified atom stereocenters. The van der Waals surface area contributed by atoms with Crippen LogP contribution in [0.15, 0.2) is 48.5 Å². The molecule has 0 spiro atoms. The van der Waals surface area contributed by atoms with Crippen LogP contribution in [0.5, 0.6) is 0 Å². The van der Waals surface area contributed by atoms with E-state index in [9.17, 15) is 4.79 Å². The van der Waals surface area contributed by atoms with Crippen LogP contribution in [-0.4, -0.2) is 18.6 Å². The standard InChI is InChI=1S/C25H36N2O2/c1-17(2)23(20-11-13-21(14-12-20)24(28)29-6)27-25(4,5)16-15-22(26)19-9-7-18(3)8-10-19/h7-14,17,22-23,27H,15-16,26H2,1-6H3. The Labute approximate surface area is 175 Å². The van der Waals surface area contributed by atoms with Crippen LogP contribution in [0.1, 0.15) is 79.7 Å². The molecule has 2 aromatic rings. The number of carbonyl (C=O) groups excluding carboxylic acids is 1. The number of ether oxygens (including phenoxy) is 1. The molecule has 29 heavy (non-hydrogen) atoms. The van der Waals surface area contributed by atoms with E-state index in [-0.39, 0.29) is 23.6 Å². The SMILES string of the molecule is COC(=O)c1ccc(C(NC(C)(C)CCC(N)c2ccc(C)cc2)C(C)C)cc1. The third-order valence-electron chi connectivity index (χ3n) is 5.49. The predicted molar refractivity (Wildman–Crippen MR) is 120 cm³/mol. The molecule has 2 aromatic carbocycles. The molecule has 0 heterocycles. The summed E-state index contributed by atoms with van der Waals surface area (Å²) in [6.07, 6.45) is 1.88. The van der Waals surface area contributed by atoms with Crippen molar-refractivity contribution in [2.45, 2.75) is 65.1 Å². The summed E-state index contributed by atoms with van der Waals surface area (Å²) in [6.45, 7) is 11.0. The maximum absolute atomic E-state index is 11.7. The first-order chi connectivity index (χ1) is 13.6. The molecule has 0 bridgehead atoms. The number of carbonyl (C=O) groups is 1. The highest BCUT2D eigenvalue weighted by atomic mass is 16.5. The zero-order valence-electron chi connectivity index (χ0n) is 18.7. The third kappa shape index (κ3) is 6.69. The van der Waals surface area contributed by atoms with Crippen molar-refractivity contribution >= 4 is 5.97 Å². The molecule has 0 radical (unpaired) electrons. The van der Waals surface area contributed by atoms with E-state index in [0.717, 1.165) is 12.8 Å². The Kier molecular flexibility index (Phi) is 8.00. The molecule has 158 valence electrons. The van der Waals surface area contributed by atoms with Gasteiger partial charge in [0.2, 0.25) is 0 Å². The molecule has 4 heteroatoms. The van der Waals surface area contributed by atoms with Crippen molar-refractivity contribution in [3.05, 3.63) is 70.8 Å². The van der Waals surface area contributed by atoms with Crippen LogP contribution in [0.4, 0.5) is 0 Å². The summed E-state index contributed by atoms with van der Waals surface area (Å²) in [7, 11) is 1.40. The second-order valence-electron chi connectivity index (χ2n) is 8.92. The predicted octanol–water partition coefficient (Wildman–Crippen LogP) is 5.33. The Morgan fingerprint density at radius 3 is 2.10 bits per heavy atom. The molecular formula is C25H36N2O2. The average Bonchev–Trinajstić information content (AvgIpc) is 2.70. The fourth-order valence-corrected chi connectivity index (χ4v) is 3.57. The van der Waals surface area contributed by atoms with Gasteiger partial charge in [-0.15, -0.1) is 0 Å². The average molecular weight is 397 g/mol. The molecule has 0 saturated carbocycles. The van der Waals surface area contributed by atoms with Crippen LogP contribution in [-0.2, 0) is 4.74 Å². The summed E-state index contributed by atoms with van der Waals surface area (Å²) in [5.41, 5.74) is 10.5. The van der Waals surface area contributed by atoms with Gasteiger partial charge in [-0.1, -0.05) is 55.8 Å². The van der Waals surface area contributed by atoms with Gasteiger partial charge in [0, 0.05) is 17.6 Å². The van der Waals surface area contributed by atoms with Crippen molar-refractivity contribution in [3.8, 4) is 0 Å². The van der Waals surface area contributed by atoms with E-state index < -0.39 is 0 Å². The number of hydrogen-bond acceptors (Lipinski definition) is 4. The number of methoxy groups -OCH3 is 1. The molecule has 0 aliphatic heterocycles. The summed E-state index contributed by atoms with van der Waals surface area (Å²) in [5, 5.41) is 3.82. The van der Waals surface area contributed by atoms with Crippen LogP contribution in [0.25, 0.3) is 0 Å². The zero-order chi connectivity index (χ0) is 21.6. The summed E-state index contributed by atoms with van der Waals surface area (Å²) in [6, 6.07) is 16.4. The number of nitrogens with one attached hydrogen (secondary N) is 1. The van der Waals surface area contributed by atoms with Crippen molar-refractivity contribution in [1.82, 2.24) is 5.32 Å². The molecule has 3 N–H and O–H groups in total. The van der Waals surface area contributed by atoms with E-state index in [1.165, 1.54) is 23.8 Å². The summed E-state index contributed by atoms with van der Waals surface area (Å²) in [5.74, 6) is 0.0973. The largest absolute Gasteiger partial charge is 0.465 e. The van der Waals surface area contributed by atoms with Crippen molar-refractivity contribution in [2.75, 3.05) is 7.11 Å². The lowest BCUT2D eigenvalue weighted by Gasteiger charge is -2.35. The van der Waals surface area contributed by atoms with Gasteiger partial charge in [0.25, 0.3) is 0 Å². The molecule has 2 atom stereocenters. The van der Waals surface area contributed by atoms with Crippen LogP contribution in [0.2, 0.25) is 0 Å². The number of nitrogens with two attached hydrogens (primary N) is 1. The number of hydrogen-bond donors (Lipinski definition) is 2. The van der Waals surface area contributed by atoms with Gasteiger partial charge in [0.05, 0.1) is 12.7 Å². The highest BCUT2D eigenvalue weighted by Gasteiger charge is 2.26. The van der Waals surface area contributed by atoms with Crippen LogP contribution in [0.3, 0.4) is 0 Å². The van der Waals surface area contributed by atoms with Crippen molar-refractivity contribution in [1.29, 1.82) is 0 Å². The summed E-state index contributed by atoms with van der Waals surface area (Å²) in [4.78, 5) is 11.7. The number of rotatable bonds is 9. The zero-order valence-corrected chi connectivity index (χ0v) is 18.7. The minimum absolute atomic E-state index is 0.0357. The molecule has 0 aliphatic carbocycles. The van der Waals surface area contributed by atoms with Crippen molar-refractivity contribution in [3.63, 3.8) is 0 Å². The monoisotopic (exact) mass is 396 g/mol. The van der Waals surface area contributed by atoms with Gasteiger partial charge in [-0.3, -0.25) is 0 Å². The molecule has 0 aliphatic rings. The molecule has 0 aromatic heterocycles. The number of benzene rings is 2. The molecule has 0 fully saturated rings. The Balaban J connectivity index is 2.04. The Bertz CT molecular complexity index is 779. The van der Waals surface area contributed by atoms with E-state index in [0.29, 0.717) is 11.5 Å². The first kappa shape index (κ1) is 23.1.